The fourth-order valence-corrected chi connectivity index (χ4v) is 2.95. The van der Waals surface area contributed by atoms with Gasteiger partial charge >= 0.3 is 6.09 Å². The van der Waals surface area contributed by atoms with Crippen LogP contribution < -0.4 is 10.6 Å². The summed E-state index contributed by atoms with van der Waals surface area (Å²) in [5, 5.41) is 10.7. The highest BCUT2D eigenvalue weighted by atomic mass is 16.6. The number of carbonyl (C=O) groups excluding carboxylic acids is 3. The molecule has 158 valence electrons. The quantitative estimate of drug-likeness (QED) is 0.791. The average Bonchev–Trinajstić information content (AvgIpc) is 2.71. The third kappa shape index (κ3) is 6.30. The first kappa shape index (κ1) is 22.4. The van der Waals surface area contributed by atoms with Crippen LogP contribution in [0.15, 0.2) is 29.4 Å². The number of fused-ring (bicyclic) bond motifs is 1. The first-order valence-corrected chi connectivity index (χ1v) is 9.68. The SMILES string of the molecule is CC(C)C[C@H](NC(=O)OC(C)(C)C)C(=O)N[C@H]1C(=O)N(C)N=Cc2ccccc21. The lowest BCUT2D eigenvalue weighted by Gasteiger charge is -2.26. The number of rotatable bonds is 5. The molecule has 1 aromatic carbocycles. The van der Waals surface area contributed by atoms with Gasteiger partial charge in [-0.15, -0.1) is 0 Å². The summed E-state index contributed by atoms with van der Waals surface area (Å²) in [7, 11) is 1.54. The molecule has 0 unspecified atom stereocenters. The van der Waals surface area contributed by atoms with Crippen molar-refractivity contribution >= 4 is 24.1 Å². The van der Waals surface area contributed by atoms with Crippen LogP contribution >= 0.6 is 0 Å². The molecule has 0 saturated carbocycles. The van der Waals surface area contributed by atoms with E-state index in [1.165, 1.54) is 12.1 Å². The predicted octanol–water partition coefficient (Wildman–Crippen LogP) is 2.59. The maximum Gasteiger partial charge on any atom is 0.408 e. The van der Waals surface area contributed by atoms with Gasteiger partial charge in [0.15, 0.2) is 0 Å². The number of benzene rings is 1. The first-order chi connectivity index (χ1) is 13.5. The van der Waals surface area contributed by atoms with Gasteiger partial charge in [-0.3, -0.25) is 9.59 Å². The van der Waals surface area contributed by atoms with Gasteiger partial charge in [-0.25, -0.2) is 9.80 Å². The molecule has 3 amide bonds. The molecular formula is C21H30N4O4. The largest absolute Gasteiger partial charge is 0.444 e. The third-order valence-corrected chi connectivity index (χ3v) is 4.24. The number of ether oxygens (including phenoxy) is 1. The normalized spacial score (nSPS) is 17.4. The maximum absolute atomic E-state index is 13.0. The highest BCUT2D eigenvalue weighted by Gasteiger charge is 2.33. The fraction of sp³-hybridized carbons (Fsp3) is 0.524. The molecule has 2 N–H and O–H groups in total. The Hall–Kier alpha value is -2.90. The molecule has 29 heavy (non-hydrogen) atoms. The van der Waals surface area contributed by atoms with E-state index < -0.39 is 29.7 Å². The van der Waals surface area contributed by atoms with Crippen LogP contribution in [0, 0.1) is 5.92 Å². The van der Waals surface area contributed by atoms with Crippen LogP contribution in [0.4, 0.5) is 4.79 Å². The topological polar surface area (TPSA) is 100 Å². The van der Waals surface area contributed by atoms with Crippen molar-refractivity contribution in [2.24, 2.45) is 11.0 Å². The molecule has 0 fully saturated rings. The predicted molar refractivity (Wildman–Crippen MR) is 110 cm³/mol. The van der Waals surface area contributed by atoms with E-state index in [1.54, 1.807) is 39.1 Å². The molecule has 0 aliphatic carbocycles. The van der Waals surface area contributed by atoms with Crippen LogP contribution in [0.5, 0.6) is 0 Å². The molecule has 8 nitrogen and oxygen atoms in total. The van der Waals surface area contributed by atoms with Crippen LogP contribution in [0.3, 0.4) is 0 Å². The molecule has 0 saturated heterocycles. The van der Waals surface area contributed by atoms with E-state index in [-0.39, 0.29) is 11.8 Å². The van der Waals surface area contributed by atoms with Crippen molar-refractivity contribution in [3.05, 3.63) is 35.4 Å². The number of carbonyl (C=O) groups is 3. The van der Waals surface area contributed by atoms with Crippen molar-refractivity contribution in [3.8, 4) is 0 Å². The van der Waals surface area contributed by atoms with Crippen molar-refractivity contribution in [2.45, 2.75) is 58.7 Å². The number of nitrogens with one attached hydrogen (secondary N) is 2. The molecule has 0 spiro atoms. The Morgan fingerprint density at radius 3 is 2.52 bits per heavy atom. The maximum atomic E-state index is 13.0. The zero-order valence-corrected chi connectivity index (χ0v) is 17.9. The standard InChI is InChI=1S/C21H30N4O4/c1-13(2)11-16(23-20(28)29-21(3,4)5)18(26)24-17-15-10-8-7-9-14(15)12-22-25(6)19(17)27/h7-10,12-13,16-17H,11H2,1-6H3,(H,23,28)(H,24,26)/t16-,17+/m0/s1. The summed E-state index contributed by atoms with van der Waals surface area (Å²) in [6.45, 7) is 9.15. The zero-order chi connectivity index (χ0) is 21.8. The molecule has 1 heterocycles. The van der Waals surface area contributed by atoms with E-state index in [9.17, 15) is 14.4 Å². The number of hydrogen-bond donors (Lipinski definition) is 2. The van der Waals surface area contributed by atoms with Gasteiger partial charge in [0.05, 0.1) is 6.21 Å². The number of likely N-dealkylation sites (N-methyl/N-ethyl adjacent to an activating group) is 1. The summed E-state index contributed by atoms with van der Waals surface area (Å²) in [6, 6.07) is 5.51. The number of amides is 3. The monoisotopic (exact) mass is 402 g/mol. The molecule has 1 aliphatic rings. The molecule has 1 aromatic rings. The van der Waals surface area contributed by atoms with E-state index in [0.717, 1.165) is 5.56 Å². The average molecular weight is 402 g/mol. The first-order valence-electron chi connectivity index (χ1n) is 9.68. The van der Waals surface area contributed by atoms with Crippen LogP contribution in [-0.4, -0.2) is 47.8 Å². The van der Waals surface area contributed by atoms with Crippen LogP contribution in [0.2, 0.25) is 0 Å². The van der Waals surface area contributed by atoms with Crippen molar-refractivity contribution in [1.82, 2.24) is 15.6 Å². The Balaban J connectivity index is 2.23. The summed E-state index contributed by atoms with van der Waals surface area (Å²) in [5.74, 6) is -0.669. The highest BCUT2D eigenvalue weighted by Crippen LogP contribution is 2.22. The second-order valence-electron chi connectivity index (χ2n) is 8.51. The summed E-state index contributed by atoms with van der Waals surface area (Å²) in [5.41, 5.74) is 0.717. The van der Waals surface area contributed by atoms with Crippen molar-refractivity contribution in [2.75, 3.05) is 7.05 Å². The van der Waals surface area contributed by atoms with Crippen molar-refractivity contribution in [1.29, 1.82) is 0 Å². The van der Waals surface area contributed by atoms with Gasteiger partial charge in [0, 0.05) is 12.6 Å². The second-order valence-corrected chi connectivity index (χ2v) is 8.51. The second kappa shape index (κ2) is 9.07. The van der Waals surface area contributed by atoms with E-state index in [0.29, 0.717) is 12.0 Å². The molecule has 2 atom stereocenters. The van der Waals surface area contributed by atoms with E-state index in [4.69, 9.17) is 4.74 Å². The minimum Gasteiger partial charge on any atom is -0.444 e. The van der Waals surface area contributed by atoms with Crippen molar-refractivity contribution in [3.63, 3.8) is 0 Å². The molecule has 8 heteroatoms. The number of nitrogens with zero attached hydrogens (tertiary/aromatic N) is 2. The minimum atomic E-state index is -0.902. The Morgan fingerprint density at radius 2 is 1.90 bits per heavy atom. The number of hydrogen-bond acceptors (Lipinski definition) is 5. The smallest absolute Gasteiger partial charge is 0.408 e. The Kier molecular flexibility index (Phi) is 7.00. The van der Waals surface area contributed by atoms with Gasteiger partial charge in [0.1, 0.15) is 17.7 Å². The molecule has 1 aliphatic heterocycles. The lowest BCUT2D eigenvalue weighted by molar-refractivity contribution is -0.136. The van der Waals surface area contributed by atoms with Gasteiger partial charge in [-0.2, -0.15) is 5.10 Å². The van der Waals surface area contributed by atoms with E-state index >= 15 is 0 Å². The summed E-state index contributed by atoms with van der Waals surface area (Å²) >= 11 is 0. The van der Waals surface area contributed by atoms with E-state index in [1.807, 2.05) is 26.0 Å². The number of hydrazone groups is 1. The Morgan fingerprint density at radius 1 is 1.24 bits per heavy atom. The summed E-state index contributed by atoms with van der Waals surface area (Å²) in [6.07, 6.45) is 1.32. The van der Waals surface area contributed by atoms with Gasteiger partial charge in [0.2, 0.25) is 5.91 Å². The number of alkyl carbamates (subject to hydrolysis) is 1. The van der Waals surface area contributed by atoms with Gasteiger partial charge in [0.25, 0.3) is 5.91 Å². The highest BCUT2D eigenvalue weighted by molar-refractivity contribution is 5.96. The van der Waals surface area contributed by atoms with Gasteiger partial charge < -0.3 is 15.4 Å². The molecule has 0 bridgehead atoms. The van der Waals surface area contributed by atoms with Crippen LogP contribution in [0.25, 0.3) is 0 Å². The Bertz CT molecular complexity index is 798. The minimum absolute atomic E-state index is 0.142. The zero-order valence-electron chi connectivity index (χ0n) is 17.9. The van der Waals surface area contributed by atoms with E-state index in [2.05, 4.69) is 15.7 Å². The molecule has 0 radical (unpaired) electrons. The summed E-state index contributed by atoms with van der Waals surface area (Å²) < 4.78 is 5.28. The van der Waals surface area contributed by atoms with Crippen LogP contribution in [0.1, 0.15) is 58.2 Å². The third-order valence-electron chi connectivity index (χ3n) is 4.24. The van der Waals surface area contributed by atoms with Gasteiger partial charge in [-0.05, 0) is 38.7 Å². The molecular weight excluding hydrogens is 372 g/mol. The van der Waals surface area contributed by atoms with Crippen molar-refractivity contribution < 1.29 is 19.1 Å². The lowest BCUT2D eigenvalue weighted by atomic mass is 9.98. The molecule has 2 rings (SSSR count). The summed E-state index contributed by atoms with van der Waals surface area (Å²) in [4.78, 5) is 38.0. The molecule has 0 aromatic heterocycles. The fourth-order valence-electron chi connectivity index (χ4n) is 2.95. The van der Waals surface area contributed by atoms with Gasteiger partial charge in [-0.1, -0.05) is 38.1 Å². The Labute approximate surface area is 171 Å². The lowest BCUT2D eigenvalue weighted by Crippen LogP contribution is -2.51. The van der Waals surface area contributed by atoms with Crippen LogP contribution in [-0.2, 0) is 14.3 Å².